The maximum absolute atomic E-state index is 6.14. The lowest BCUT2D eigenvalue weighted by molar-refractivity contribution is 0.569. The van der Waals surface area contributed by atoms with E-state index in [-0.39, 0.29) is 0 Å². The van der Waals surface area contributed by atoms with Gasteiger partial charge in [0.25, 0.3) is 0 Å². The first-order valence-corrected chi connectivity index (χ1v) is 6.66. The Morgan fingerprint density at radius 2 is 2.06 bits per heavy atom. The monoisotopic (exact) mass is 251 g/mol. The third-order valence-corrected chi connectivity index (χ3v) is 2.97. The molecule has 17 heavy (non-hydrogen) atoms. The van der Waals surface area contributed by atoms with Gasteiger partial charge in [0.2, 0.25) is 0 Å². The summed E-state index contributed by atoms with van der Waals surface area (Å²) in [4.78, 5) is 0. The van der Waals surface area contributed by atoms with Gasteiger partial charge in [-0.25, -0.2) is 0 Å². The van der Waals surface area contributed by atoms with E-state index in [9.17, 15) is 0 Å². The number of halogens is 1. The second-order valence-electron chi connectivity index (χ2n) is 4.70. The fourth-order valence-electron chi connectivity index (χ4n) is 1.61. The summed E-state index contributed by atoms with van der Waals surface area (Å²) < 4.78 is 0. The third-order valence-electron chi connectivity index (χ3n) is 2.62. The first-order chi connectivity index (χ1) is 8.13. The van der Waals surface area contributed by atoms with E-state index in [1.165, 1.54) is 5.57 Å². The predicted molar refractivity (Wildman–Crippen MR) is 77.4 cm³/mol. The van der Waals surface area contributed by atoms with Crippen molar-refractivity contribution in [1.82, 2.24) is 5.32 Å². The Bertz CT molecular complexity index is 369. The standard InChI is InChI=1S/C15H22ClN/c1-4-13(11-17-10-12(2)3)9-14-7-5-6-8-15(14)16/h5-9,12,17H,4,10-11H2,1-3H3. The Hall–Kier alpha value is -0.790. The highest BCUT2D eigenvalue weighted by molar-refractivity contribution is 6.32. The van der Waals surface area contributed by atoms with Gasteiger partial charge in [0.15, 0.2) is 0 Å². The maximum Gasteiger partial charge on any atom is 0.0478 e. The lowest BCUT2D eigenvalue weighted by Gasteiger charge is -2.10. The van der Waals surface area contributed by atoms with Gasteiger partial charge in [-0.1, -0.05) is 62.2 Å². The molecule has 94 valence electrons. The molecule has 0 aromatic heterocycles. The summed E-state index contributed by atoms with van der Waals surface area (Å²) in [6.45, 7) is 8.62. The summed E-state index contributed by atoms with van der Waals surface area (Å²) in [6.07, 6.45) is 3.24. The van der Waals surface area contributed by atoms with Crippen LogP contribution in [0.15, 0.2) is 29.8 Å². The highest BCUT2D eigenvalue weighted by atomic mass is 35.5. The molecule has 1 aromatic carbocycles. The quantitative estimate of drug-likeness (QED) is 0.791. The summed E-state index contributed by atoms with van der Waals surface area (Å²) in [5, 5.41) is 4.29. The SMILES string of the molecule is CCC(=Cc1ccccc1Cl)CNCC(C)C. The topological polar surface area (TPSA) is 12.0 Å². The lowest BCUT2D eigenvalue weighted by atomic mass is 10.1. The van der Waals surface area contributed by atoms with Gasteiger partial charge < -0.3 is 5.32 Å². The van der Waals surface area contributed by atoms with Crippen molar-refractivity contribution >= 4 is 17.7 Å². The minimum atomic E-state index is 0.688. The van der Waals surface area contributed by atoms with Crippen LogP contribution in [0.25, 0.3) is 6.08 Å². The highest BCUT2D eigenvalue weighted by Gasteiger charge is 1.99. The fraction of sp³-hybridized carbons (Fsp3) is 0.467. The molecule has 0 saturated heterocycles. The second kappa shape index (κ2) is 7.52. The molecule has 1 aromatic rings. The molecule has 0 bridgehead atoms. The minimum Gasteiger partial charge on any atom is -0.313 e. The van der Waals surface area contributed by atoms with E-state index in [1.54, 1.807) is 0 Å². The van der Waals surface area contributed by atoms with Crippen molar-refractivity contribution < 1.29 is 0 Å². The Labute approximate surface area is 110 Å². The molecule has 0 aliphatic carbocycles. The van der Waals surface area contributed by atoms with Crippen LogP contribution in [0.3, 0.4) is 0 Å². The minimum absolute atomic E-state index is 0.688. The van der Waals surface area contributed by atoms with Gasteiger partial charge in [-0.2, -0.15) is 0 Å². The van der Waals surface area contributed by atoms with E-state index in [1.807, 2.05) is 18.2 Å². The molecule has 0 heterocycles. The van der Waals surface area contributed by atoms with Gasteiger partial charge in [0.05, 0.1) is 0 Å². The molecule has 1 rings (SSSR count). The van der Waals surface area contributed by atoms with Gasteiger partial charge in [-0.15, -0.1) is 0 Å². The number of benzene rings is 1. The molecule has 2 heteroatoms. The van der Waals surface area contributed by atoms with E-state index < -0.39 is 0 Å². The van der Waals surface area contributed by atoms with Crippen LogP contribution in [0.5, 0.6) is 0 Å². The van der Waals surface area contributed by atoms with Gasteiger partial charge in [-0.3, -0.25) is 0 Å². The van der Waals surface area contributed by atoms with Crippen molar-refractivity contribution in [2.45, 2.75) is 27.2 Å². The fourth-order valence-corrected chi connectivity index (χ4v) is 1.80. The summed E-state index contributed by atoms with van der Waals surface area (Å²) in [5.74, 6) is 0.688. The largest absolute Gasteiger partial charge is 0.313 e. The number of rotatable bonds is 6. The maximum atomic E-state index is 6.14. The van der Waals surface area contributed by atoms with Crippen LogP contribution in [-0.2, 0) is 0 Å². The van der Waals surface area contributed by atoms with E-state index >= 15 is 0 Å². The average Bonchev–Trinajstić information content (AvgIpc) is 2.30. The average molecular weight is 252 g/mol. The lowest BCUT2D eigenvalue weighted by Crippen LogP contribution is -2.21. The molecule has 0 radical (unpaired) electrons. The highest BCUT2D eigenvalue weighted by Crippen LogP contribution is 2.18. The van der Waals surface area contributed by atoms with Crippen LogP contribution in [0.1, 0.15) is 32.8 Å². The summed E-state index contributed by atoms with van der Waals surface area (Å²) in [6, 6.07) is 7.97. The zero-order chi connectivity index (χ0) is 12.7. The zero-order valence-corrected chi connectivity index (χ0v) is 11.7. The molecule has 0 atom stereocenters. The molecule has 0 fully saturated rings. The van der Waals surface area contributed by atoms with Crippen molar-refractivity contribution in [2.75, 3.05) is 13.1 Å². The predicted octanol–water partition coefficient (Wildman–Crippen LogP) is 4.38. The van der Waals surface area contributed by atoms with E-state index in [2.05, 4.69) is 38.2 Å². The molecule has 0 aliphatic rings. The molecular weight excluding hydrogens is 230 g/mol. The molecule has 1 nitrogen and oxygen atoms in total. The smallest absolute Gasteiger partial charge is 0.0478 e. The first kappa shape index (κ1) is 14.3. The van der Waals surface area contributed by atoms with Gasteiger partial charge >= 0.3 is 0 Å². The number of hydrogen-bond donors (Lipinski definition) is 1. The van der Waals surface area contributed by atoms with Crippen molar-refractivity contribution in [3.05, 3.63) is 40.4 Å². The van der Waals surface area contributed by atoms with Crippen LogP contribution in [-0.4, -0.2) is 13.1 Å². The Balaban J connectivity index is 2.63. The summed E-state index contributed by atoms with van der Waals surface area (Å²) in [5.41, 5.74) is 2.50. The van der Waals surface area contributed by atoms with Crippen molar-refractivity contribution in [3.63, 3.8) is 0 Å². The van der Waals surface area contributed by atoms with E-state index in [0.29, 0.717) is 5.92 Å². The van der Waals surface area contributed by atoms with Crippen LogP contribution < -0.4 is 5.32 Å². The normalized spacial score (nSPS) is 12.2. The van der Waals surface area contributed by atoms with Crippen LogP contribution in [0.2, 0.25) is 5.02 Å². The van der Waals surface area contributed by atoms with Gasteiger partial charge in [-0.05, 0) is 30.5 Å². The Morgan fingerprint density at radius 3 is 2.65 bits per heavy atom. The number of nitrogens with one attached hydrogen (secondary N) is 1. The summed E-state index contributed by atoms with van der Waals surface area (Å²) >= 11 is 6.14. The molecule has 0 saturated carbocycles. The molecular formula is C15H22ClN. The zero-order valence-electron chi connectivity index (χ0n) is 11.0. The molecule has 0 unspecified atom stereocenters. The molecule has 1 N–H and O–H groups in total. The van der Waals surface area contributed by atoms with E-state index in [0.717, 1.165) is 30.1 Å². The Kier molecular flexibility index (Phi) is 6.31. The molecule has 0 amide bonds. The molecule has 0 aliphatic heterocycles. The van der Waals surface area contributed by atoms with Crippen molar-refractivity contribution in [2.24, 2.45) is 5.92 Å². The third kappa shape index (κ3) is 5.38. The molecule has 0 spiro atoms. The second-order valence-corrected chi connectivity index (χ2v) is 5.11. The van der Waals surface area contributed by atoms with Gasteiger partial charge in [0.1, 0.15) is 0 Å². The summed E-state index contributed by atoms with van der Waals surface area (Å²) in [7, 11) is 0. The number of hydrogen-bond acceptors (Lipinski definition) is 1. The van der Waals surface area contributed by atoms with Crippen LogP contribution in [0.4, 0.5) is 0 Å². The first-order valence-electron chi connectivity index (χ1n) is 6.28. The Morgan fingerprint density at radius 1 is 1.35 bits per heavy atom. The van der Waals surface area contributed by atoms with Crippen LogP contribution in [0, 0.1) is 5.92 Å². The van der Waals surface area contributed by atoms with Crippen molar-refractivity contribution in [3.8, 4) is 0 Å². The van der Waals surface area contributed by atoms with Crippen molar-refractivity contribution in [1.29, 1.82) is 0 Å². The van der Waals surface area contributed by atoms with Gasteiger partial charge in [0, 0.05) is 11.6 Å². The van der Waals surface area contributed by atoms with Crippen LogP contribution >= 0.6 is 11.6 Å². The van der Waals surface area contributed by atoms with E-state index in [4.69, 9.17) is 11.6 Å².